The molecule has 0 rings (SSSR count). The molecular weight excluding hydrogens is 242 g/mol. The van der Waals surface area contributed by atoms with Crippen LogP contribution in [0.3, 0.4) is 0 Å². The molecule has 0 aromatic rings. The molecule has 3 heteroatoms. The summed E-state index contributed by atoms with van der Waals surface area (Å²) in [5.74, 6) is 2.46. The normalized spacial score (nSPS) is 12.6. The number of thioether (sulfide) groups is 1. The fraction of sp³-hybridized carbons (Fsp3) is 0.933. The van der Waals surface area contributed by atoms with Gasteiger partial charge in [0.15, 0.2) is 0 Å². The van der Waals surface area contributed by atoms with Gasteiger partial charge in [0.2, 0.25) is 5.91 Å². The van der Waals surface area contributed by atoms with Crippen molar-refractivity contribution in [1.82, 2.24) is 5.32 Å². The number of nitrogens with one attached hydrogen (secondary N) is 1. The average Bonchev–Trinajstić information content (AvgIpc) is 2.13. The monoisotopic (exact) mass is 273 g/mol. The molecule has 0 radical (unpaired) electrons. The SMILES string of the molecule is CC(C)(C)CCNC(=O)CCCSCC(C)(C)C. The Labute approximate surface area is 118 Å². The van der Waals surface area contributed by atoms with Crippen LogP contribution in [0.25, 0.3) is 0 Å². The van der Waals surface area contributed by atoms with Crippen molar-refractivity contribution in [2.45, 2.75) is 60.8 Å². The van der Waals surface area contributed by atoms with Gasteiger partial charge in [-0.15, -0.1) is 0 Å². The van der Waals surface area contributed by atoms with E-state index in [0.717, 1.165) is 25.1 Å². The molecular formula is C15H31NOS. The first kappa shape index (κ1) is 17.8. The van der Waals surface area contributed by atoms with Crippen molar-refractivity contribution in [2.75, 3.05) is 18.1 Å². The number of carbonyl (C=O) groups excluding carboxylic acids is 1. The van der Waals surface area contributed by atoms with Crippen molar-refractivity contribution in [1.29, 1.82) is 0 Å². The number of hydrogen-bond acceptors (Lipinski definition) is 2. The van der Waals surface area contributed by atoms with Crippen LogP contribution in [0.2, 0.25) is 0 Å². The summed E-state index contributed by atoms with van der Waals surface area (Å²) in [6, 6.07) is 0. The van der Waals surface area contributed by atoms with Gasteiger partial charge in [0.1, 0.15) is 0 Å². The Balaban J connectivity index is 3.44. The molecule has 0 saturated heterocycles. The molecule has 2 nitrogen and oxygen atoms in total. The van der Waals surface area contributed by atoms with E-state index in [1.165, 1.54) is 5.75 Å². The Kier molecular flexibility index (Phi) is 8.00. The molecule has 0 aromatic heterocycles. The van der Waals surface area contributed by atoms with Crippen LogP contribution < -0.4 is 5.32 Å². The van der Waals surface area contributed by atoms with Gasteiger partial charge in [-0.2, -0.15) is 11.8 Å². The van der Waals surface area contributed by atoms with Crippen molar-refractivity contribution >= 4 is 17.7 Å². The van der Waals surface area contributed by atoms with E-state index >= 15 is 0 Å². The zero-order chi connectivity index (χ0) is 14.2. The molecule has 0 fully saturated rings. The second-order valence-electron chi connectivity index (χ2n) is 7.38. The molecule has 0 aliphatic heterocycles. The largest absolute Gasteiger partial charge is 0.356 e. The molecule has 108 valence electrons. The van der Waals surface area contributed by atoms with Crippen molar-refractivity contribution in [3.8, 4) is 0 Å². The van der Waals surface area contributed by atoms with Crippen LogP contribution in [-0.4, -0.2) is 24.0 Å². The summed E-state index contributed by atoms with van der Waals surface area (Å²) in [6.45, 7) is 14.1. The van der Waals surface area contributed by atoms with Crippen molar-refractivity contribution in [3.05, 3.63) is 0 Å². The quantitative estimate of drug-likeness (QED) is 0.708. The first-order chi connectivity index (χ1) is 8.10. The molecule has 18 heavy (non-hydrogen) atoms. The lowest BCUT2D eigenvalue weighted by Gasteiger charge is -2.18. The standard InChI is InChI=1S/C15H31NOS/c1-14(2,3)9-10-16-13(17)8-7-11-18-12-15(4,5)6/h7-12H2,1-6H3,(H,16,17). The Hall–Kier alpha value is -0.180. The van der Waals surface area contributed by atoms with Gasteiger partial charge in [-0.1, -0.05) is 41.5 Å². The summed E-state index contributed by atoms with van der Waals surface area (Å²) in [7, 11) is 0. The minimum Gasteiger partial charge on any atom is -0.356 e. The highest BCUT2D eigenvalue weighted by Gasteiger charge is 2.11. The second-order valence-corrected chi connectivity index (χ2v) is 8.48. The van der Waals surface area contributed by atoms with E-state index in [4.69, 9.17) is 0 Å². The van der Waals surface area contributed by atoms with Gasteiger partial charge < -0.3 is 5.32 Å². The third-order valence-corrected chi connectivity index (χ3v) is 4.07. The fourth-order valence-electron chi connectivity index (χ4n) is 1.38. The second kappa shape index (κ2) is 8.08. The number of amides is 1. The van der Waals surface area contributed by atoms with Gasteiger partial charge in [0.25, 0.3) is 0 Å². The highest BCUT2D eigenvalue weighted by atomic mass is 32.2. The third kappa shape index (κ3) is 13.9. The third-order valence-electron chi connectivity index (χ3n) is 2.42. The lowest BCUT2D eigenvalue weighted by molar-refractivity contribution is -0.121. The molecule has 0 unspecified atom stereocenters. The lowest BCUT2D eigenvalue weighted by atomic mass is 9.92. The smallest absolute Gasteiger partial charge is 0.220 e. The van der Waals surface area contributed by atoms with Gasteiger partial charge in [0.05, 0.1) is 0 Å². The molecule has 0 saturated carbocycles. The molecule has 0 heterocycles. The van der Waals surface area contributed by atoms with E-state index < -0.39 is 0 Å². The van der Waals surface area contributed by atoms with Crippen LogP contribution in [0, 0.1) is 10.8 Å². The van der Waals surface area contributed by atoms with Crippen LogP contribution >= 0.6 is 11.8 Å². The Morgan fingerprint density at radius 2 is 1.67 bits per heavy atom. The van der Waals surface area contributed by atoms with Crippen LogP contribution in [0.4, 0.5) is 0 Å². The maximum absolute atomic E-state index is 11.6. The predicted molar refractivity (Wildman–Crippen MR) is 83.1 cm³/mol. The zero-order valence-corrected chi connectivity index (χ0v) is 13.9. The molecule has 1 amide bonds. The Bertz CT molecular complexity index is 238. The Morgan fingerprint density at radius 3 is 2.17 bits per heavy atom. The first-order valence-corrected chi connectivity index (χ1v) is 8.10. The van der Waals surface area contributed by atoms with E-state index in [1.807, 2.05) is 11.8 Å². The van der Waals surface area contributed by atoms with Crippen molar-refractivity contribution in [2.24, 2.45) is 10.8 Å². The molecule has 0 aliphatic carbocycles. The van der Waals surface area contributed by atoms with Crippen molar-refractivity contribution in [3.63, 3.8) is 0 Å². The zero-order valence-electron chi connectivity index (χ0n) is 13.1. The van der Waals surface area contributed by atoms with E-state index in [2.05, 4.69) is 46.9 Å². The van der Waals surface area contributed by atoms with Crippen LogP contribution in [0.1, 0.15) is 60.8 Å². The molecule has 0 aromatic carbocycles. The van der Waals surface area contributed by atoms with E-state index in [9.17, 15) is 4.79 Å². The summed E-state index contributed by atoms with van der Waals surface area (Å²) < 4.78 is 0. The van der Waals surface area contributed by atoms with Gasteiger partial charge in [-0.25, -0.2) is 0 Å². The molecule has 1 N–H and O–H groups in total. The average molecular weight is 273 g/mol. The summed E-state index contributed by atoms with van der Waals surface area (Å²) in [5, 5.41) is 3.00. The van der Waals surface area contributed by atoms with E-state index in [-0.39, 0.29) is 5.91 Å². The maximum Gasteiger partial charge on any atom is 0.220 e. The number of rotatable bonds is 7. The highest BCUT2D eigenvalue weighted by molar-refractivity contribution is 7.99. The molecule has 0 bridgehead atoms. The summed E-state index contributed by atoms with van der Waals surface area (Å²) in [5.41, 5.74) is 0.690. The van der Waals surface area contributed by atoms with E-state index in [1.54, 1.807) is 0 Å². The summed E-state index contributed by atoms with van der Waals surface area (Å²) in [4.78, 5) is 11.6. The van der Waals surface area contributed by atoms with Crippen LogP contribution in [0.15, 0.2) is 0 Å². The lowest BCUT2D eigenvalue weighted by Crippen LogP contribution is -2.27. The summed E-state index contributed by atoms with van der Waals surface area (Å²) in [6.07, 6.45) is 2.70. The van der Waals surface area contributed by atoms with Gasteiger partial charge in [0, 0.05) is 13.0 Å². The highest BCUT2D eigenvalue weighted by Crippen LogP contribution is 2.21. The van der Waals surface area contributed by atoms with Gasteiger partial charge in [-0.3, -0.25) is 4.79 Å². The minimum absolute atomic E-state index is 0.204. The number of carbonyl (C=O) groups is 1. The first-order valence-electron chi connectivity index (χ1n) is 6.95. The van der Waals surface area contributed by atoms with Crippen LogP contribution in [0.5, 0.6) is 0 Å². The van der Waals surface area contributed by atoms with Crippen LogP contribution in [-0.2, 0) is 4.79 Å². The molecule has 0 atom stereocenters. The molecule has 0 spiro atoms. The predicted octanol–water partition coefficient (Wildman–Crippen LogP) is 4.10. The van der Waals surface area contributed by atoms with Gasteiger partial charge in [-0.05, 0) is 35.2 Å². The summed E-state index contributed by atoms with van der Waals surface area (Å²) >= 11 is 1.95. The van der Waals surface area contributed by atoms with Crippen molar-refractivity contribution < 1.29 is 4.79 Å². The molecule has 0 aliphatic rings. The fourth-order valence-corrected chi connectivity index (χ4v) is 2.48. The van der Waals surface area contributed by atoms with Gasteiger partial charge >= 0.3 is 0 Å². The minimum atomic E-state index is 0.204. The topological polar surface area (TPSA) is 29.1 Å². The number of hydrogen-bond donors (Lipinski definition) is 1. The van der Waals surface area contributed by atoms with E-state index in [0.29, 0.717) is 17.3 Å². The Morgan fingerprint density at radius 1 is 1.06 bits per heavy atom. The maximum atomic E-state index is 11.6.